The Morgan fingerprint density at radius 1 is 1.16 bits per heavy atom. The van der Waals surface area contributed by atoms with Crippen LogP contribution < -0.4 is 4.80 Å². The fraction of sp³-hybridized carbons (Fsp3) is 0.158. The first kappa shape index (κ1) is 18.1. The van der Waals surface area contributed by atoms with Crippen LogP contribution in [0.2, 0.25) is 5.02 Å². The summed E-state index contributed by atoms with van der Waals surface area (Å²) < 4.78 is 2.98. The maximum Gasteiger partial charge on any atom is 0.281 e. The van der Waals surface area contributed by atoms with Crippen LogP contribution in [0, 0.1) is 13.8 Å². The van der Waals surface area contributed by atoms with Gasteiger partial charge < -0.3 is 4.57 Å². The molecule has 0 atom stereocenters. The van der Waals surface area contributed by atoms with Gasteiger partial charge in [-0.25, -0.2) is 0 Å². The van der Waals surface area contributed by atoms with E-state index in [-0.39, 0.29) is 5.91 Å². The first-order valence-corrected chi connectivity index (χ1v) is 9.63. The molecule has 1 aromatic heterocycles. The summed E-state index contributed by atoms with van der Waals surface area (Å²) in [4.78, 5) is 18.6. The predicted molar refractivity (Wildman–Crippen MR) is 107 cm³/mol. The Labute approximate surface area is 163 Å². The molecule has 3 aromatic rings. The van der Waals surface area contributed by atoms with Crippen LogP contribution in [-0.2, 0) is 7.05 Å². The molecule has 128 valence electrons. The van der Waals surface area contributed by atoms with Gasteiger partial charge in [0.15, 0.2) is 4.80 Å². The van der Waals surface area contributed by atoms with E-state index in [0.29, 0.717) is 15.4 Å². The summed E-state index contributed by atoms with van der Waals surface area (Å²) in [6.07, 6.45) is 0. The molecule has 0 saturated heterocycles. The number of hydrogen-bond donors (Lipinski definition) is 0. The second-order valence-corrected chi connectivity index (χ2v) is 8.26. The highest BCUT2D eigenvalue weighted by molar-refractivity contribution is 9.10. The average molecular weight is 436 g/mol. The number of carbonyl (C=O) groups is 1. The molecule has 0 fully saturated rings. The van der Waals surface area contributed by atoms with E-state index < -0.39 is 0 Å². The maximum atomic E-state index is 12.5. The number of aryl methyl sites for hydroxylation is 2. The van der Waals surface area contributed by atoms with Crippen molar-refractivity contribution < 1.29 is 4.79 Å². The van der Waals surface area contributed by atoms with Crippen LogP contribution >= 0.6 is 38.9 Å². The zero-order chi connectivity index (χ0) is 18.1. The second kappa shape index (κ2) is 7.28. The Kier molecular flexibility index (Phi) is 5.27. The third kappa shape index (κ3) is 3.78. The van der Waals surface area contributed by atoms with Gasteiger partial charge >= 0.3 is 0 Å². The third-order valence-electron chi connectivity index (χ3n) is 3.87. The first-order chi connectivity index (χ1) is 11.9. The second-order valence-electron chi connectivity index (χ2n) is 5.76. The van der Waals surface area contributed by atoms with E-state index in [1.807, 2.05) is 55.8 Å². The lowest BCUT2D eigenvalue weighted by atomic mass is 10.1. The summed E-state index contributed by atoms with van der Waals surface area (Å²) in [7, 11) is 1.92. The number of benzene rings is 2. The van der Waals surface area contributed by atoms with Gasteiger partial charge in [0.25, 0.3) is 5.91 Å². The summed E-state index contributed by atoms with van der Waals surface area (Å²) >= 11 is 11.1. The number of rotatable bonds is 2. The number of carbonyl (C=O) groups excluding carboxylic acids is 1. The largest absolute Gasteiger partial charge is 0.319 e. The topological polar surface area (TPSA) is 34.4 Å². The van der Waals surface area contributed by atoms with Gasteiger partial charge in [-0.2, -0.15) is 4.99 Å². The quantitative estimate of drug-likeness (QED) is 0.521. The number of halogens is 2. The summed E-state index contributed by atoms with van der Waals surface area (Å²) in [5.74, 6) is -0.329. The molecular formula is C19H16BrClN2OS. The van der Waals surface area contributed by atoms with Crippen molar-refractivity contribution in [1.29, 1.82) is 0 Å². The number of hydrogen-bond acceptors (Lipinski definition) is 2. The average Bonchev–Trinajstić information content (AvgIpc) is 2.82. The van der Waals surface area contributed by atoms with Gasteiger partial charge in [-0.1, -0.05) is 45.7 Å². The SMILES string of the molecule is Cc1ccc(C(=O)N=c2sc(C)c(-c3ccc(Br)cc3)n2C)c(Cl)c1. The van der Waals surface area contributed by atoms with E-state index >= 15 is 0 Å². The van der Waals surface area contributed by atoms with Crippen molar-refractivity contribution in [3.8, 4) is 11.3 Å². The van der Waals surface area contributed by atoms with Crippen molar-refractivity contribution in [2.45, 2.75) is 13.8 Å². The molecule has 3 nitrogen and oxygen atoms in total. The fourth-order valence-electron chi connectivity index (χ4n) is 2.63. The molecule has 2 aromatic carbocycles. The lowest BCUT2D eigenvalue weighted by Gasteiger charge is -2.05. The van der Waals surface area contributed by atoms with Crippen molar-refractivity contribution in [2.24, 2.45) is 12.0 Å². The molecule has 0 radical (unpaired) electrons. The molecule has 25 heavy (non-hydrogen) atoms. The van der Waals surface area contributed by atoms with Gasteiger partial charge in [-0.05, 0) is 49.2 Å². The van der Waals surface area contributed by atoms with Crippen molar-refractivity contribution in [3.05, 3.63) is 72.8 Å². The number of aromatic nitrogens is 1. The summed E-state index contributed by atoms with van der Waals surface area (Å²) in [6.45, 7) is 3.97. The van der Waals surface area contributed by atoms with Gasteiger partial charge in [-0.3, -0.25) is 4.79 Å². The molecule has 0 spiro atoms. The molecule has 0 aliphatic carbocycles. The minimum Gasteiger partial charge on any atom is -0.319 e. The van der Waals surface area contributed by atoms with Crippen LogP contribution in [0.5, 0.6) is 0 Å². The molecule has 0 saturated carbocycles. The van der Waals surface area contributed by atoms with Crippen molar-refractivity contribution in [3.63, 3.8) is 0 Å². The molecule has 1 heterocycles. The summed E-state index contributed by atoms with van der Waals surface area (Å²) in [6, 6.07) is 13.4. The van der Waals surface area contributed by atoms with E-state index in [0.717, 1.165) is 26.2 Å². The molecule has 0 aliphatic rings. The van der Waals surface area contributed by atoms with Gasteiger partial charge in [0.1, 0.15) is 0 Å². The maximum absolute atomic E-state index is 12.5. The molecule has 1 amide bonds. The van der Waals surface area contributed by atoms with Crippen molar-refractivity contribution in [2.75, 3.05) is 0 Å². The van der Waals surface area contributed by atoms with Gasteiger partial charge in [-0.15, -0.1) is 11.3 Å². The van der Waals surface area contributed by atoms with E-state index in [9.17, 15) is 4.79 Å². The van der Waals surface area contributed by atoms with E-state index in [2.05, 4.69) is 20.9 Å². The highest BCUT2D eigenvalue weighted by Crippen LogP contribution is 2.26. The Bertz CT molecular complexity index is 1020. The van der Waals surface area contributed by atoms with E-state index in [1.165, 1.54) is 11.3 Å². The Morgan fingerprint density at radius 2 is 1.84 bits per heavy atom. The van der Waals surface area contributed by atoms with Crippen LogP contribution in [0.1, 0.15) is 20.8 Å². The zero-order valence-corrected chi connectivity index (χ0v) is 17.2. The van der Waals surface area contributed by atoms with Crippen LogP contribution in [-0.4, -0.2) is 10.5 Å². The van der Waals surface area contributed by atoms with E-state index in [4.69, 9.17) is 11.6 Å². The van der Waals surface area contributed by atoms with Crippen LogP contribution in [0.4, 0.5) is 0 Å². The number of amides is 1. The molecule has 0 N–H and O–H groups in total. The highest BCUT2D eigenvalue weighted by Gasteiger charge is 2.13. The Hall–Kier alpha value is -1.69. The molecule has 0 unspecified atom stereocenters. The molecular weight excluding hydrogens is 420 g/mol. The predicted octanol–water partition coefficient (Wildman–Crippen LogP) is 5.53. The molecule has 6 heteroatoms. The Balaban J connectivity index is 2.06. The third-order valence-corrected chi connectivity index (χ3v) is 5.76. The van der Waals surface area contributed by atoms with Gasteiger partial charge in [0, 0.05) is 16.4 Å². The van der Waals surface area contributed by atoms with Crippen LogP contribution in [0.3, 0.4) is 0 Å². The number of nitrogens with zero attached hydrogens (tertiary/aromatic N) is 2. The van der Waals surface area contributed by atoms with Crippen molar-refractivity contribution in [1.82, 2.24) is 4.57 Å². The minimum absolute atomic E-state index is 0.329. The molecule has 0 bridgehead atoms. The van der Waals surface area contributed by atoms with Crippen LogP contribution in [0.15, 0.2) is 51.9 Å². The lowest BCUT2D eigenvalue weighted by molar-refractivity contribution is 0.0998. The lowest BCUT2D eigenvalue weighted by Crippen LogP contribution is -2.14. The van der Waals surface area contributed by atoms with Gasteiger partial charge in [0.05, 0.1) is 16.3 Å². The van der Waals surface area contributed by atoms with E-state index in [1.54, 1.807) is 12.1 Å². The van der Waals surface area contributed by atoms with Crippen molar-refractivity contribution >= 4 is 44.8 Å². The molecule has 0 aliphatic heterocycles. The highest BCUT2D eigenvalue weighted by atomic mass is 79.9. The first-order valence-electron chi connectivity index (χ1n) is 7.64. The monoisotopic (exact) mass is 434 g/mol. The smallest absolute Gasteiger partial charge is 0.281 e. The van der Waals surface area contributed by atoms with Gasteiger partial charge in [0.2, 0.25) is 0 Å². The Morgan fingerprint density at radius 3 is 2.48 bits per heavy atom. The minimum atomic E-state index is -0.329. The van der Waals surface area contributed by atoms with Crippen LogP contribution in [0.25, 0.3) is 11.3 Å². The standard InChI is InChI=1S/C19H16BrClN2OS/c1-11-4-9-15(16(21)10-11)18(24)22-19-23(3)17(12(2)25-19)13-5-7-14(20)8-6-13/h4-10H,1-3H3. The summed E-state index contributed by atoms with van der Waals surface area (Å²) in [5.41, 5.74) is 3.57. The zero-order valence-electron chi connectivity index (χ0n) is 14.0. The summed E-state index contributed by atoms with van der Waals surface area (Å²) in [5, 5.41) is 0.429. The number of thiazole rings is 1. The fourth-order valence-corrected chi connectivity index (χ4v) is 4.19. The molecule has 3 rings (SSSR count). The normalized spacial score (nSPS) is 11.8.